The van der Waals surface area contributed by atoms with E-state index in [1.807, 2.05) is 6.92 Å². The summed E-state index contributed by atoms with van der Waals surface area (Å²) in [7, 11) is 0. The smallest absolute Gasteiger partial charge is 0.417 e. The van der Waals surface area contributed by atoms with Gasteiger partial charge in [-0.3, -0.25) is 0 Å². The minimum atomic E-state index is -4.44. The molecule has 0 aliphatic rings. The minimum Gasteiger partial charge on any atom is -0.462 e. The van der Waals surface area contributed by atoms with Crippen molar-refractivity contribution in [3.8, 4) is 11.1 Å². The van der Waals surface area contributed by atoms with E-state index < -0.39 is 17.7 Å². The van der Waals surface area contributed by atoms with E-state index in [2.05, 4.69) is 5.10 Å². The van der Waals surface area contributed by atoms with Gasteiger partial charge in [-0.15, -0.1) is 0 Å². The Morgan fingerprint density at radius 3 is 2.75 bits per heavy atom. The molecule has 3 aromatic rings. The molecule has 3 rings (SSSR count). The number of fused-ring (bicyclic) bond motifs is 1. The molecule has 28 heavy (non-hydrogen) atoms. The maximum atomic E-state index is 13.3. The highest BCUT2D eigenvalue weighted by atomic mass is 19.4. The Bertz CT molecular complexity index is 1010. The van der Waals surface area contributed by atoms with Crippen molar-refractivity contribution >= 4 is 23.1 Å². The van der Waals surface area contributed by atoms with E-state index >= 15 is 0 Å². The molecule has 0 N–H and O–H groups in total. The molecule has 0 amide bonds. The highest BCUT2D eigenvalue weighted by Crippen LogP contribution is 2.37. The zero-order valence-electron chi connectivity index (χ0n) is 15.2. The molecule has 0 radical (unpaired) electrons. The number of benzene rings is 2. The summed E-state index contributed by atoms with van der Waals surface area (Å²) in [5.41, 5.74) is 0.358. The molecule has 0 saturated heterocycles. The fraction of sp³-hybridized carbons (Fsp3) is 0.238. The Balaban J connectivity index is 1.85. The topological polar surface area (TPSA) is 44.1 Å². The lowest BCUT2D eigenvalue weighted by Gasteiger charge is -2.12. The lowest BCUT2D eigenvalue weighted by Crippen LogP contribution is -2.06. The first kappa shape index (κ1) is 19.7. The van der Waals surface area contributed by atoms with Gasteiger partial charge in [-0.25, -0.2) is 9.48 Å². The largest absolute Gasteiger partial charge is 0.462 e. The summed E-state index contributed by atoms with van der Waals surface area (Å²) in [6.07, 6.45) is 1.70. The van der Waals surface area contributed by atoms with Crippen LogP contribution in [0, 0.1) is 0 Å². The molecule has 2 aromatic carbocycles. The number of hydrogen-bond acceptors (Lipinski definition) is 3. The maximum absolute atomic E-state index is 13.3. The fourth-order valence-corrected chi connectivity index (χ4v) is 2.76. The third kappa shape index (κ3) is 4.60. The molecular weight excluding hydrogens is 369 g/mol. The molecule has 0 saturated carbocycles. The van der Waals surface area contributed by atoms with Crippen LogP contribution in [0.25, 0.3) is 28.2 Å². The molecule has 146 valence electrons. The van der Waals surface area contributed by atoms with Gasteiger partial charge in [0.05, 0.1) is 17.7 Å². The van der Waals surface area contributed by atoms with Crippen LogP contribution in [0.3, 0.4) is 0 Å². The van der Waals surface area contributed by atoms with Crippen LogP contribution in [0.2, 0.25) is 0 Å². The normalized spacial score (nSPS) is 12.0. The van der Waals surface area contributed by atoms with Crippen molar-refractivity contribution in [1.29, 1.82) is 0 Å². The number of aromatic nitrogens is 2. The second-order valence-corrected chi connectivity index (χ2v) is 6.26. The van der Waals surface area contributed by atoms with E-state index in [-0.39, 0.29) is 5.56 Å². The number of carbonyl (C=O) groups excluding carboxylic acids is 1. The van der Waals surface area contributed by atoms with Crippen LogP contribution in [0.15, 0.2) is 54.7 Å². The first-order chi connectivity index (χ1) is 13.4. The van der Waals surface area contributed by atoms with E-state index in [0.717, 1.165) is 24.3 Å². The van der Waals surface area contributed by atoms with Gasteiger partial charge in [-0.1, -0.05) is 43.7 Å². The van der Waals surface area contributed by atoms with E-state index in [4.69, 9.17) is 4.74 Å². The summed E-state index contributed by atoms with van der Waals surface area (Å²) in [6.45, 7) is 2.36. The minimum absolute atomic E-state index is 0.0986. The Morgan fingerprint density at radius 1 is 1.21 bits per heavy atom. The second kappa shape index (κ2) is 8.29. The van der Waals surface area contributed by atoms with Gasteiger partial charge in [0.1, 0.15) is 0 Å². The molecule has 0 atom stereocenters. The van der Waals surface area contributed by atoms with Gasteiger partial charge in [0.15, 0.2) is 0 Å². The van der Waals surface area contributed by atoms with E-state index in [1.54, 1.807) is 30.5 Å². The molecule has 0 fully saturated rings. The Morgan fingerprint density at radius 2 is 2.00 bits per heavy atom. The van der Waals surface area contributed by atoms with Gasteiger partial charge < -0.3 is 4.74 Å². The van der Waals surface area contributed by atoms with E-state index in [0.29, 0.717) is 17.7 Å². The Labute approximate surface area is 160 Å². The summed E-state index contributed by atoms with van der Waals surface area (Å²) < 4.78 is 46.3. The van der Waals surface area contributed by atoms with Crippen LogP contribution >= 0.6 is 0 Å². The number of ether oxygens (including phenoxy) is 1. The third-order valence-corrected chi connectivity index (χ3v) is 4.17. The van der Waals surface area contributed by atoms with Gasteiger partial charge in [0.25, 0.3) is 0 Å². The predicted molar refractivity (Wildman–Crippen MR) is 101 cm³/mol. The fourth-order valence-electron chi connectivity index (χ4n) is 2.76. The monoisotopic (exact) mass is 388 g/mol. The van der Waals surface area contributed by atoms with Crippen LogP contribution < -0.4 is 0 Å². The van der Waals surface area contributed by atoms with E-state index in [9.17, 15) is 18.0 Å². The molecule has 0 spiro atoms. The standard InChI is InChI=1S/C21H19F3N2O2/c1-2-3-12-28-20(27)10-11-26-14-16-9-8-15(13-19(16)25-26)17-6-4-5-7-18(17)21(22,23)24/h4-11,13-14H,2-3,12H2,1H3. The first-order valence-electron chi connectivity index (χ1n) is 8.89. The van der Waals surface area contributed by atoms with E-state index in [1.165, 1.54) is 29.1 Å². The average molecular weight is 388 g/mol. The zero-order valence-corrected chi connectivity index (χ0v) is 15.2. The highest BCUT2D eigenvalue weighted by molar-refractivity contribution is 5.87. The number of carbonyl (C=O) groups is 1. The Hall–Kier alpha value is -3.09. The van der Waals surface area contributed by atoms with Gasteiger partial charge in [0.2, 0.25) is 0 Å². The SMILES string of the molecule is CCCCOC(=O)C=Cn1cc2ccc(-c3ccccc3C(F)(F)F)cc2n1. The van der Waals surface area contributed by atoms with Gasteiger partial charge in [0, 0.05) is 23.9 Å². The molecule has 0 bridgehead atoms. The molecule has 1 aromatic heterocycles. The van der Waals surface area contributed by atoms with Crippen LogP contribution in [0.1, 0.15) is 25.3 Å². The quantitative estimate of drug-likeness (QED) is 0.317. The average Bonchev–Trinajstić information content (AvgIpc) is 3.08. The second-order valence-electron chi connectivity index (χ2n) is 6.26. The maximum Gasteiger partial charge on any atom is 0.417 e. The lowest BCUT2D eigenvalue weighted by molar-refractivity contribution is -0.138. The molecule has 0 aliphatic carbocycles. The van der Waals surface area contributed by atoms with Crippen molar-refractivity contribution in [3.63, 3.8) is 0 Å². The molecule has 4 nitrogen and oxygen atoms in total. The van der Waals surface area contributed by atoms with Gasteiger partial charge >= 0.3 is 12.1 Å². The number of rotatable bonds is 6. The zero-order chi connectivity index (χ0) is 20.1. The van der Waals surface area contributed by atoms with Crippen molar-refractivity contribution in [3.05, 3.63) is 60.3 Å². The van der Waals surface area contributed by atoms with Crippen molar-refractivity contribution in [2.45, 2.75) is 25.9 Å². The predicted octanol–water partition coefficient (Wildman–Crippen LogP) is 5.54. The van der Waals surface area contributed by atoms with Crippen LogP contribution in [-0.2, 0) is 15.7 Å². The molecular formula is C21H19F3N2O2. The number of halogens is 3. The van der Waals surface area contributed by atoms with Gasteiger partial charge in [-0.05, 0) is 29.7 Å². The number of hydrogen-bond donors (Lipinski definition) is 0. The number of esters is 1. The number of unbranched alkanes of at least 4 members (excludes halogenated alkanes) is 1. The van der Waals surface area contributed by atoms with Crippen molar-refractivity contribution in [1.82, 2.24) is 9.78 Å². The summed E-state index contributed by atoms with van der Waals surface area (Å²) in [6, 6.07) is 10.4. The highest BCUT2D eigenvalue weighted by Gasteiger charge is 2.33. The third-order valence-electron chi connectivity index (χ3n) is 4.17. The molecule has 0 unspecified atom stereocenters. The van der Waals surface area contributed by atoms with Crippen LogP contribution in [0.4, 0.5) is 13.2 Å². The first-order valence-corrected chi connectivity index (χ1v) is 8.89. The molecule has 1 heterocycles. The summed E-state index contributed by atoms with van der Waals surface area (Å²) >= 11 is 0. The van der Waals surface area contributed by atoms with Crippen molar-refractivity contribution < 1.29 is 22.7 Å². The summed E-state index contributed by atoms with van der Waals surface area (Å²) in [5.74, 6) is -0.465. The number of alkyl halides is 3. The Kier molecular flexibility index (Phi) is 5.82. The van der Waals surface area contributed by atoms with Crippen molar-refractivity contribution in [2.75, 3.05) is 6.61 Å². The lowest BCUT2D eigenvalue weighted by atomic mass is 9.98. The summed E-state index contributed by atoms with van der Waals surface area (Å²) in [5, 5.41) is 5.05. The van der Waals surface area contributed by atoms with Crippen LogP contribution in [0.5, 0.6) is 0 Å². The number of nitrogens with zero attached hydrogens (tertiary/aromatic N) is 2. The molecule has 7 heteroatoms. The summed E-state index contributed by atoms with van der Waals surface area (Å²) in [4.78, 5) is 11.6. The van der Waals surface area contributed by atoms with Crippen LogP contribution in [-0.4, -0.2) is 22.4 Å². The molecule has 0 aliphatic heterocycles. The van der Waals surface area contributed by atoms with Crippen molar-refractivity contribution in [2.24, 2.45) is 0 Å². The van der Waals surface area contributed by atoms with Gasteiger partial charge in [-0.2, -0.15) is 18.3 Å².